The monoisotopic (exact) mass is 1410 g/mol. The van der Waals surface area contributed by atoms with E-state index in [1.165, 1.54) is 114 Å². The fourth-order valence-corrected chi connectivity index (χ4v) is 21.0. The molecule has 4 aromatic rings. The Bertz CT molecular complexity index is 3150. The first-order valence-corrected chi connectivity index (χ1v) is 48.7. The molecule has 4 nitrogen and oxygen atoms in total. The Morgan fingerprint density at radius 2 is 0.587 bits per heavy atom. The fourth-order valence-electron chi connectivity index (χ4n) is 9.75. The van der Waals surface area contributed by atoms with E-state index in [1.54, 1.807) is 0 Å². The molecule has 494 valence electrons. The van der Waals surface area contributed by atoms with E-state index in [4.69, 9.17) is 18.9 Å². The molecule has 92 heavy (non-hydrogen) atoms. The second-order valence-corrected chi connectivity index (χ2v) is 43.5. The van der Waals surface area contributed by atoms with Crippen LogP contribution < -0.4 is 18.9 Å². The van der Waals surface area contributed by atoms with Crippen LogP contribution in [0.25, 0.3) is 11.1 Å². The summed E-state index contributed by atoms with van der Waals surface area (Å²) in [6.45, 7) is 25.3. The van der Waals surface area contributed by atoms with Crippen molar-refractivity contribution in [2.24, 2.45) is 0 Å². The summed E-state index contributed by atoms with van der Waals surface area (Å²) in [5, 5.41) is 0. The van der Waals surface area contributed by atoms with E-state index in [9.17, 15) is 0 Å². The van der Waals surface area contributed by atoms with Crippen molar-refractivity contribution in [2.45, 2.75) is 195 Å². The van der Waals surface area contributed by atoms with Crippen LogP contribution in [0.15, 0.2) is 98.2 Å². The minimum absolute atomic E-state index is 0.636. The Balaban J connectivity index is 1.44. The molecule has 0 saturated carbocycles. The lowest BCUT2D eigenvalue weighted by atomic mass is 9.93. The van der Waals surface area contributed by atoms with Crippen LogP contribution >= 0.6 is 94.1 Å². The van der Waals surface area contributed by atoms with Crippen LogP contribution in [0.3, 0.4) is 0 Å². The van der Waals surface area contributed by atoms with E-state index in [2.05, 4.69) is 211 Å². The average molecular weight is 1420 g/mol. The van der Waals surface area contributed by atoms with Crippen LogP contribution in [0.2, 0.25) is 39.3 Å². The summed E-state index contributed by atoms with van der Waals surface area (Å²) < 4.78 is 34.4. The van der Waals surface area contributed by atoms with Crippen LogP contribution in [0, 0.1) is 46.6 Å². The lowest BCUT2D eigenvalue weighted by Gasteiger charge is -2.19. The Morgan fingerprint density at radius 3 is 0.826 bits per heavy atom. The number of hydrogen-bond acceptors (Lipinski definition) is 12. The molecular formula is C78H102O4S8Si2. The number of benzene rings is 4. The van der Waals surface area contributed by atoms with Gasteiger partial charge in [0, 0.05) is 46.5 Å². The molecule has 2 aliphatic heterocycles. The van der Waals surface area contributed by atoms with Gasteiger partial charge in [-0.05, 0) is 86.1 Å². The van der Waals surface area contributed by atoms with Crippen molar-refractivity contribution in [3.63, 3.8) is 0 Å². The highest BCUT2D eigenvalue weighted by atomic mass is 32.3. The van der Waals surface area contributed by atoms with Crippen molar-refractivity contribution in [1.29, 1.82) is 0 Å². The van der Waals surface area contributed by atoms with Gasteiger partial charge in [0.25, 0.3) is 0 Å². The smallest absolute Gasteiger partial charge is 0.136 e. The fraction of sp³-hybridized carbons (Fsp3) is 0.487. The van der Waals surface area contributed by atoms with Gasteiger partial charge in [0.05, 0.1) is 74.1 Å². The summed E-state index contributed by atoms with van der Waals surface area (Å²) in [5.41, 5.74) is 17.2. The van der Waals surface area contributed by atoms with Gasteiger partial charge in [0.1, 0.15) is 39.1 Å². The van der Waals surface area contributed by atoms with Crippen molar-refractivity contribution in [3.05, 3.63) is 143 Å². The molecule has 0 aliphatic carbocycles. The van der Waals surface area contributed by atoms with Crippen LogP contribution in [0.5, 0.6) is 23.0 Å². The van der Waals surface area contributed by atoms with Gasteiger partial charge < -0.3 is 18.9 Å². The molecule has 0 bridgehead atoms. The predicted molar refractivity (Wildman–Crippen MR) is 428 cm³/mol. The zero-order valence-electron chi connectivity index (χ0n) is 57.8. The van der Waals surface area contributed by atoms with Gasteiger partial charge in [-0.15, -0.1) is 58.1 Å². The minimum Gasteiger partial charge on any atom is -0.492 e. The highest BCUT2D eigenvalue weighted by Crippen LogP contribution is 2.64. The lowest BCUT2D eigenvalue weighted by molar-refractivity contribution is 0.295. The summed E-state index contributed by atoms with van der Waals surface area (Å²) in [4.78, 5) is 0. The van der Waals surface area contributed by atoms with Gasteiger partial charge in [-0.2, -0.15) is 0 Å². The Morgan fingerprint density at radius 1 is 0.337 bits per heavy atom. The number of unbranched alkanes of at least 4 members (excludes halogenated alkanes) is 16. The third kappa shape index (κ3) is 26.5. The molecule has 14 heteroatoms. The highest BCUT2D eigenvalue weighted by Gasteiger charge is 2.31. The molecule has 0 saturated heterocycles. The molecule has 0 amide bonds. The maximum atomic E-state index is 6.65. The van der Waals surface area contributed by atoms with Gasteiger partial charge >= 0.3 is 0 Å². The Hall–Kier alpha value is -3.49. The SMILES string of the molecule is CCCCCCCOc1cc(C#C[Si](C)(C)C)c(OCCCCCCC)cc1C#Cc1ccc(C(=C2SC(SC)=C(SC)S2)C(=C2SC(SC)=C(SC)S2)c2ccc(C#Cc3cc(OCCCCCCC)c(C#C[Si](C)(C)C)cc3OCCCCCCC)cc2)cc1. The molecule has 0 aromatic heterocycles. The van der Waals surface area contributed by atoms with Crippen LogP contribution in [0.4, 0.5) is 0 Å². The topological polar surface area (TPSA) is 36.9 Å². The van der Waals surface area contributed by atoms with E-state index in [1.807, 2.05) is 94.1 Å². The second-order valence-electron chi connectivity index (χ2n) is 25.1. The highest BCUT2D eigenvalue weighted by molar-refractivity contribution is 8.41. The minimum atomic E-state index is -1.69. The largest absolute Gasteiger partial charge is 0.492 e. The number of hydrogen-bond donors (Lipinski definition) is 0. The maximum Gasteiger partial charge on any atom is 0.136 e. The van der Waals surface area contributed by atoms with E-state index >= 15 is 0 Å². The number of ether oxygens (including phenoxy) is 4. The third-order valence-electron chi connectivity index (χ3n) is 14.8. The molecule has 0 N–H and O–H groups in total. The third-order valence-corrected chi connectivity index (χ3v) is 27.0. The molecule has 0 atom stereocenters. The number of thioether (sulfide) groups is 8. The van der Waals surface area contributed by atoms with E-state index in [0.29, 0.717) is 26.4 Å². The molecule has 0 fully saturated rings. The summed E-state index contributed by atoms with van der Waals surface area (Å²) in [5.74, 6) is 24.6. The van der Waals surface area contributed by atoms with Gasteiger partial charge in [-0.25, -0.2) is 0 Å². The first-order valence-electron chi connectivity index (χ1n) is 33.6. The van der Waals surface area contributed by atoms with Gasteiger partial charge in [-0.3, -0.25) is 0 Å². The van der Waals surface area contributed by atoms with Crippen LogP contribution in [0.1, 0.15) is 201 Å². The molecule has 0 unspecified atom stereocenters. The summed E-state index contributed by atoms with van der Waals surface area (Å²) in [7, 11) is -3.37. The maximum absolute atomic E-state index is 6.65. The summed E-state index contributed by atoms with van der Waals surface area (Å²) >= 11 is 14.9. The van der Waals surface area contributed by atoms with Gasteiger partial charge in [0.2, 0.25) is 0 Å². The average Bonchev–Trinajstić information content (AvgIpc) is 1.55. The van der Waals surface area contributed by atoms with E-state index in [0.717, 1.165) is 119 Å². The zero-order valence-corrected chi connectivity index (χ0v) is 66.3. The Labute approximate surface area is 594 Å². The van der Waals surface area contributed by atoms with Crippen molar-refractivity contribution in [3.8, 4) is 69.6 Å². The normalized spacial score (nSPS) is 13.0. The molecule has 2 aliphatic rings. The number of rotatable bonds is 35. The molecule has 2 heterocycles. The molecule has 0 radical (unpaired) electrons. The van der Waals surface area contributed by atoms with Crippen molar-refractivity contribution < 1.29 is 18.9 Å². The molecule has 0 spiro atoms. The zero-order chi connectivity index (χ0) is 66.1. The molecule has 6 rings (SSSR count). The van der Waals surface area contributed by atoms with Crippen molar-refractivity contribution in [1.82, 2.24) is 0 Å². The Kier molecular flexibility index (Phi) is 35.6. The van der Waals surface area contributed by atoms with Gasteiger partial charge in [-0.1, -0.05) is 277 Å². The summed E-state index contributed by atoms with van der Waals surface area (Å²) in [6, 6.07) is 26.2. The van der Waals surface area contributed by atoms with Gasteiger partial charge in [0.15, 0.2) is 0 Å². The van der Waals surface area contributed by atoms with Crippen LogP contribution in [-0.2, 0) is 0 Å². The van der Waals surface area contributed by atoms with Crippen molar-refractivity contribution >= 4 is 121 Å². The molecule has 4 aromatic carbocycles. The molecular weight excluding hydrogens is 1310 g/mol. The first kappa shape index (κ1) is 77.5. The summed E-state index contributed by atoms with van der Waals surface area (Å²) in [6.07, 6.45) is 32.1. The van der Waals surface area contributed by atoms with E-state index < -0.39 is 16.1 Å². The predicted octanol–water partition coefficient (Wildman–Crippen LogP) is 25.0. The standard InChI is InChI=1S/C78H102O4S8Si2/c1-15-19-23-27-31-49-79-67-57-65(47-53-91(9,10)11)69(81-51-33-29-25-21-17-3)55-63(67)45-39-59-35-41-61(42-36-59)71(73-87-75(83-5)76(84-6)88-73)72(74-89-77(85-7)78(86-8)90-74)62-43-37-60(38-44-62)40-46-64-56-70(82-52-34-30-26-22-18-4)66(48-54-92(12,13)14)58-68(64)80-50-32-28-24-20-16-2/h35-38,41-44,55-58H,15-34,49-52H2,1-14H3. The first-order chi connectivity index (χ1) is 44.5. The number of allylic oxidation sites excluding steroid dienone is 2. The lowest BCUT2D eigenvalue weighted by Crippen LogP contribution is -2.16. The van der Waals surface area contributed by atoms with Crippen molar-refractivity contribution in [2.75, 3.05) is 51.5 Å². The van der Waals surface area contributed by atoms with E-state index in [-0.39, 0.29) is 0 Å². The second kappa shape index (κ2) is 42.2. The van der Waals surface area contributed by atoms with Crippen LogP contribution in [-0.4, -0.2) is 67.6 Å². The quantitative estimate of drug-likeness (QED) is 0.0250.